The number of aliphatic hydroxyl groups is 1. The molecule has 3 nitrogen and oxygen atoms in total. The normalized spacial score (nSPS) is 17.4. The van der Waals surface area contributed by atoms with Crippen molar-refractivity contribution in [2.75, 3.05) is 13.2 Å². The third-order valence-electron chi connectivity index (χ3n) is 4.04. The van der Waals surface area contributed by atoms with Gasteiger partial charge in [0.1, 0.15) is 0 Å². The molecule has 19 heavy (non-hydrogen) atoms. The molecule has 0 radical (unpaired) electrons. The maximum absolute atomic E-state index is 12.1. The fraction of sp³-hybridized carbons (Fsp3) is 0.533. The van der Waals surface area contributed by atoms with Gasteiger partial charge >= 0.3 is 0 Å². The van der Waals surface area contributed by atoms with Gasteiger partial charge < -0.3 is 10.4 Å². The molecule has 0 aromatic heterocycles. The molecule has 1 aliphatic rings. The second-order valence-electron chi connectivity index (χ2n) is 5.51. The van der Waals surface area contributed by atoms with Gasteiger partial charge in [0.15, 0.2) is 0 Å². The molecule has 0 bridgehead atoms. The van der Waals surface area contributed by atoms with Crippen LogP contribution in [0.4, 0.5) is 0 Å². The van der Waals surface area contributed by atoms with Crippen molar-refractivity contribution in [3.8, 4) is 0 Å². The van der Waals surface area contributed by atoms with Gasteiger partial charge in [-0.2, -0.15) is 0 Å². The highest BCUT2D eigenvalue weighted by atomic mass is 79.9. The first-order valence-corrected chi connectivity index (χ1v) is 7.51. The predicted octanol–water partition coefficient (Wildman–Crippen LogP) is 3.04. The molecule has 0 atom stereocenters. The van der Waals surface area contributed by atoms with Gasteiger partial charge in [0.25, 0.3) is 5.91 Å². The minimum Gasteiger partial charge on any atom is -0.396 e. The Morgan fingerprint density at radius 1 is 1.42 bits per heavy atom. The molecule has 4 heteroatoms. The molecule has 1 aromatic carbocycles. The number of carbonyl (C=O) groups is 1. The van der Waals surface area contributed by atoms with Crippen LogP contribution >= 0.6 is 15.9 Å². The molecule has 2 rings (SSSR count). The monoisotopic (exact) mass is 325 g/mol. The highest BCUT2D eigenvalue weighted by Gasteiger charge is 2.33. The third-order valence-corrected chi connectivity index (χ3v) is 4.93. The Morgan fingerprint density at radius 2 is 2.11 bits per heavy atom. The van der Waals surface area contributed by atoms with Gasteiger partial charge in [-0.1, -0.05) is 28.8 Å². The minimum atomic E-state index is -0.0972. The number of carbonyl (C=O) groups excluding carboxylic acids is 1. The highest BCUT2D eigenvalue weighted by molar-refractivity contribution is 9.10. The first kappa shape index (κ1) is 14.5. The summed E-state index contributed by atoms with van der Waals surface area (Å²) in [5.41, 5.74) is 1.62. The molecule has 1 aliphatic carbocycles. The number of amides is 1. The van der Waals surface area contributed by atoms with E-state index >= 15 is 0 Å². The van der Waals surface area contributed by atoms with E-state index in [0.717, 1.165) is 35.7 Å². The number of hydrogen-bond donors (Lipinski definition) is 2. The summed E-state index contributed by atoms with van der Waals surface area (Å²) in [7, 11) is 0. The summed E-state index contributed by atoms with van der Waals surface area (Å²) >= 11 is 3.43. The summed E-state index contributed by atoms with van der Waals surface area (Å²) in [6.07, 6.45) is 4.30. The summed E-state index contributed by atoms with van der Waals surface area (Å²) in [5, 5.41) is 12.5. The van der Waals surface area contributed by atoms with Gasteiger partial charge in [0, 0.05) is 22.0 Å². The zero-order valence-corrected chi connectivity index (χ0v) is 12.8. The lowest BCUT2D eigenvalue weighted by Crippen LogP contribution is -2.38. The highest BCUT2D eigenvalue weighted by Crippen LogP contribution is 2.36. The average molecular weight is 326 g/mol. The maximum atomic E-state index is 12.1. The van der Waals surface area contributed by atoms with Crippen LogP contribution in [0.5, 0.6) is 0 Å². The van der Waals surface area contributed by atoms with E-state index in [0.29, 0.717) is 12.1 Å². The second-order valence-corrected chi connectivity index (χ2v) is 6.37. The van der Waals surface area contributed by atoms with Crippen molar-refractivity contribution in [1.29, 1.82) is 0 Å². The van der Waals surface area contributed by atoms with Crippen molar-refractivity contribution in [3.05, 3.63) is 33.8 Å². The van der Waals surface area contributed by atoms with Crippen LogP contribution in [0.25, 0.3) is 0 Å². The van der Waals surface area contributed by atoms with E-state index in [2.05, 4.69) is 21.2 Å². The fourth-order valence-corrected chi connectivity index (χ4v) is 2.92. The summed E-state index contributed by atoms with van der Waals surface area (Å²) in [6.45, 7) is 2.69. The zero-order chi connectivity index (χ0) is 13.9. The lowest BCUT2D eigenvalue weighted by Gasteiger charge is -2.26. The van der Waals surface area contributed by atoms with E-state index in [9.17, 15) is 9.90 Å². The molecule has 0 unspecified atom stereocenters. The van der Waals surface area contributed by atoms with Crippen LogP contribution in [0.15, 0.2) is 22.7 Å². The van der Waals surface area contributed by atoms with Crippen LogP contribution < -0.4 is 5.32 Å². The average Bonchev–Trinajstić information content (AvgIpc) is 2.89. The number of benzene rings is 1. The molecule has 2 N–H and O–H groups in total. The molecule has 0 heterocycles. The Labute approximate surface area is 122 Å². The van der Waals surface area contributed by atoms with E-state index in [-0.39, 0.29) is 17.9 Å². The van der Waals surface area contributed by atoms with Crippen molar-refractivity contribution >= 4 is 21.8 Å². The lowest BCUT2D eigenvalue weighted by atomic mass is 9.87. The summed E-state index contributed by atoms with van der Waals surface area (Å²) in [6, 6.07) is 5.58. The Kier molecular flexibility index (Phi) is 4.63. The molecule has 104 valence electrons. The Bertz CT molecular complexity index is 467. The number of nitrogens with one attached hydrogen (secondary N) is 1. The number of halogens is 1. The van der Waals surface area contributed by atoms with Crippen LogP contribution in [0.3, 0.4) is 0 Å². The van der Waals surface area contributed by atoms with Crippen LogP contribution in [-0.4, -0.2) is 24.2 Å². The SMILES string of the molecule is Cc1cc(C(=O)NCC2(CO)CCCC2)ccc1Br. The van der Waals surface area contributed by atoms with Gasteiger partial charge in [-0.15, -0.1) is 0 Å². The topological polar surface area (TPSA) is 49.3 Å². The van der Waals surface area contributed by atoms with Gasteiger partial charge in [-0.25, -0.2) is 0 Å². The first-order valence-electron chi connectivity index (χ1n) is 6.72. The number of rotatable bonds is 4. The van der Waals surface area contributed by atoms with Crippen molar-refractivity contribution in [2.45, 2.75) is 32.6 Å². The number of hydrogen-bond acceptors (Lipinski definition) is 2. The molecule has 0 saturated heterocycles. The van der Waals surface area contributed by atoms with E-state index < -0.39 is 0 Å². The fourth-order valence-electron chi connectivity index (χ4n) is 2.67. The van der Waals surface area contributed by atoms with Gasteiger partial charge in [-0.05, 0) is 43.5 Å². The molecular formula is C15H20BrNO2. The largest absolute Gasteiger partial charge is 0.396 e. The Hall–Kier alpha value is -0.870. The molecule has 0 aliphatic heterocycles. The van der Waals surface area contributed by atoms with E-state index in [1.807, 2.05) is 25.1 Å². The van der Waals surface area contributed by atoms with Crippen molar-refractivity contribution in [2.24, 2.45) is 5.41 Å². The van der Waals surface area contributed by atoms with Crippen LogP contribution in [-0.2, 0) is 0 Å². The predicted molar refractivity (Wildman–Crippen MR) is 79.2 cm³/mol. The summed E-state index contributed by atoms with van der Waals surface area (Å²) < 4.78 is 1.01. The molecule has 0 spiro atoms. The van der Waals surface area contributed by atoms with E-state index in [4.69, 9.17) is 0 Å². The van der Waals surface area contributed by atoms with Gasteiger partial charge in [0.2, 0.25) is 0 Å². The maximum Gasteiger partial charge on any atom is 0.251 e. The Balaban J connectivity index is 1.99. The molecule has 1 aromatic rings. The van der Waals surface area contributed by atoms with Crippen molar-refractivity contribution < 1.29 is 9.90 Å². The third kappa shape index (κ3) is 3.37. The van der Waals surface area contributed by atoms with Crippen LogP contribution in [0.2, 0.25) is 0 Å². The molecule has 1 saturated carbocycles. The van der Waals surface area contributed by atoms with E-state index in [1.54, 1.807) is 0 Å². The molecule has 1 fully saturated rings. The lowest BCUT2D eigenvalue weighted by molar-refractivity contribution is 0.0880. The Morgan fingerprint density at radius 3 is 2.68 bits per heavy atom. The second kappa shape index (κ2) is 6.06. The van der Waals surface area contributed by atoms with Gasteiger partial charge in [-0.3, -0.25) is 4.79 Å². The van der Waals surface area contributed by atoms with Crippen molar-refractivity contribution in [3.63, 3.8) is 0 Å². The van der Waals surface area contributed by atoms with Crippen molar-refractivity contribution in [1.82, 2.24) is 5.32 Å². The quantitative estimate of drug-likeness (QED) is 0.893. The number of aliphatic hydroxyl groups excluding tert-OH is 1. The summed E-state index contributed by atoms with van der Waals surface area (Å²) in [5.74, 6) is -0.0599. The van der Waals surface area contributed by atoms with E-state index in [1.165, 1.54) is 0 Å². The smallest absolute Gasteiger partial charge is 0.251 e. The number of aryl methyl sites for hydroxylation is 1. The van der Waals surface area contributed by atoms with Crippen LogP contribution in [0.1, 0.15) is 41.6 Å². The standard InChI is InChI=1S/C15H20BrNO2/c1-11-8-12(4-5-13(11)16)14(19)17-9-15(10-18)6-2-3-7-15/h4-5,8,18H,2-3,6-7,9-10H2,1H3,(H,17,19). The molecular weight excluding hydrogens is 306 g/mol. The van der Waals surface area contributed by atoms with Gasteiger partial charge in [0.05, 0.1) is 6.61 Å². The van der Waals surface area contributed by atoms with Crippen LogP contribution in [0, 0.1) is 12.3 Å². The first-order chi connectivity index (χ1) is 9.06. The molecule has 1 amide bonds. The zero-order valence-electron chi connectivity index (χ0n) is 11.2. The summed E-state index contributed by atoms with van der Waals surface area (Å²) in [4.78, 5) is 12.1. The minimum absolute atomic E-state index is 0.0599.